The van der Waals surface area contributed by atoms with Gasteiger partial charge >= 0.3 is 0 Å². The molecular weight excluding hydrogens is 396 g/mol. The van der Waals surface area contributed by atoms with E-state index in [1.54, 1.807) is 24.3 Å². The summed E-state index contributed by atoms with van der Waals surface area (Å²) in [7, 11) is 0. The first-order chi connectivity index (χ1) is 14.6. The molecule has 0 fully saturated rings. The van der Waals surface area contributed by atoms with E-state index < -0.39 is 0 Å². The van der Waals surface area contributed by atoms with Crippen molar-refractivity contribution < 1.29 is 9.59 Å². The second-order valence-electron chi connectivity index (χ2n) is 7.01. The van der Waals surface area contributed by atoms with Crippen LogP contribution in [0.25, 0.3) is 5.57 Å². The Hall–Kier alpha value is -3.37. The van der Waals surface area contributed by atoms with E-state index in [1.807, 2.05) is 72.5 Å². The second kappa shape index (κ2) is 8.56. The normalized spacial score (nSPS) is 13.9. The van der Waals surface area contributed by atoms with Gasteiger partial charge in [-0.1, -0.05) is 78.3 Å². The lowest BCUT2D eigenvalue weighted by atomic mass is 10.0. The summed E-state index contributed by atoms with van der Waals surface area (Å²) in [6.45, 7) is 3.10. The van der Waals surface area contributed by atoms with Gasteiger partial charge in [-0.05, 0) is 36.2 Å². The molecule has 3 aromatic carbocycles. The fourth-order valence-corrected chi connectivity index (χ4v) is 3.86. The first-order valence-electron chi connectivity index (χ1n) is 9.83. The minimum absolute atomic E-state index is 0.334. The molecule has 0 aliphatic carbocycles. The van der Waals surface area contributed by atoms with Crippen LogP contribution in [0.2, 0.25) is 5.02 Å². The number of carbonyl (C=O) groups is 2. The van der Waals surface area contributed by atoms with Gasteiger partial charge in [0.05, 0.1) is 11.3 Å². The highest BCUT2D eigenvalue weighted by molar-refractivity contribution is 6.45. The monoisotopic (exact) mass is 416 g/mol. The van der Waals surface area contributed by atoms with Crippen LogP contribution < -0.4 is 4.90 Å². The maximum atomic E-state index is 13.6. The molecule has 30 heavy (non-hydrogen) atoms. The zero-order valence-corrected chi connectivity index (χ0v) is 17.3. The van der Waals surface area contributed by atoms with Crippen molar-refractivity contribution in [1.82, 2.24) is 4.90 Å². The SMILES string of the molecule is CCN(Cc1ccccc1)C1=C(c2ccccc2)C(=O)N(c2cccc(Cl)c2)C1=O. The molecule has 4 rings (SSSR count). The molecule has 3 aromatic rings. The van der Waals surface area contributed by atoms with Crippen molar-refractivity contribution in [2.45, 2.75) is 13.5 Å². The lowest BCUT2D eigenvalue weighted by molar-refractivity contribution is -0.120. The van der Waals surface area contributed by atoms with E-state index in [0.29, 0.717) is 35.1 Å². The highest BCUT2D eigenvalue weighted by atomic mass is 35.5. The van der Waals surface area contributed by atoms with Crippen molar-refractivity contribution in [3.63, 3.8) is 0 Å². The zero-order chi connectivity index (χ0) is 21.1. The number of likely N-dealkylation sites (N-methyl/N-ethyl adjacent to an activating group) is 1. The molecule has 0 spiro atoms. The lowest BCUT2D eigenvalue weighted by Gasteiger charge is -2.25. The molecule has 1 aliphatic rings. The Morgan fingerprint density at radius 2 is 1.50 bits per heavy atom. The average Bonchev–Trinajstić information content (AvgIpc) is 3.03. The Kier molecular flexibility index (Phi) is 5.68. The molecule has 0 aromatic heterocycles. The number of nitrogens with zero attached hydrogens (tertiary/aromatic N) is 2. The maximum Gasteiger partial charge on any atom is 0.282 e. The van der Waals surface area contributed by atoms with Crippen molar-refractivity contribution in [2.24, 2.45) is 0 Å². The van der Waals surface area contributed by atoms with Crippen LogP contribution in [0, 0.1) is 0 Å². The standard InChI is InChI=1S/C25H21ClN2O2/c1-2-27(17-18-10-5-3-6-11-18)23-22(19-12-7-4-8-13-19)24(29)28(25(23)30)21-15-9-14-20(26)16-21/h3-16H,2,17H2,1H3. The predicted molar refractivity (Wildman–Crippen MR) is 120 cm³/mol. The fourth-order valence-electron chi connectivity index (χ4n) is 3.68. The Balaban J connectivity index is 1.82. The highest BCUT2D eigenvalue weighted by Crippen LogP contribution is 2.35. The first kappa shape index (κ1) is 19.9. The lowest BCUT2D eigenvalue weighted by Crippen LogP contribution is -2.35. The Morgan fingerprint density at radius 1 is 0.833 bits per heavy atom. The quantitative estimate of drug-likeness (QED) is 0.522. The van der Waals surface area contributed by atoms with E-state index in [9.17, 15) is 9.59 Å². The van der Waals surface area contributed by atoms with Crippen LogP contribution in [0.5, 0.6) is 0 Å². The minimum atomic E-state index is -0.338. The third-order valence-electron chi connectivity index (χ3n) is 5.10. The summed E-state index contributed by atoms with van der Waals surface area (Å²) in [6, 6.07) is 26.1. The first-order valence-corrected chi connectivity index (χ1v) is 10.2. The molecule has 5 heteroatoms. The number of benzene rings is 3. The van der Waals surface area contributed by atoms with Gasteiger partial charge in [-0.2, -0.15) is 0 Å². The van der Waals surface area contributed by atoms with E-state index in [0.717, 1.165) is 11.1 Å². The van der Waals surface area contributed by atoms with E-state index in [1.165, 1.54) is 4.90 Å². The van der Waals surface area contributed by atoms with Crippen molar-refractivity contribution in [1.29, 1.82) is 0 Å². The fraction of sp³-hybridized carbons (Fsp3) is 0.120. The highest BCUT2D eigenvalue weighted by Gasteiger charge is 2.42. The average molecular weight is 417 g/mol. The number of carbonyl (C=O) groups excluding carboxylic acids is 2. The number of rotatable bonds is 6. The van der Waals surface area contributed by atoms with Crippen LogP contribution in [-0.2, 0) is 16.1 Å². The molecule has 0 N–H and O–H groups in total. The summed E-state index contributed by atoms with van der Waals surface area (Å²) in [6.07, 6.45) is 0. The van der Waals surface area contributed by atoms with E-state index in [2.05, 4.69) is 0 Å². The smallest absolute Gasteiger partial charge is 0.282 e. The number of halogens is 1. The maximum absolute atomic E-state index is 13.6. The number of imide groups is 1. The van der Waals surface area contributed by atoms with Crippen molar-refractivity contribution in [3.05, 3.63) is 107 Å². The summed E-state index contributed by atoms with van der Waals surface area (Å²) in [5.41, 5.74) is 3.09. The number of amides is 2. The van der Waals surface area contributed by atoms with Gasteiger partial charge in [0.1, 0.15) is 5.70 Å². The molecule has 4 nitrogen and oxygen atoms in total. The third-order valence-corrected chi connectivity index (χ3v) is 5.34. The topological polar surface area (TPSA) is 40.6 Å². The molecule has 0 unspecified atom stereocenters. The van der Waals surface area contributed by atoms with Crippen molar-refractivity contribution in [2.75, 3.05) is 11.4 Å². The van der Waals surface area contributed by atoms with Gasteiger partial charge in [0.15, 0.2) is 0 Å². The summed E-state index contributed by atoms with van der Waals surface area (Å²) in [4.78, 5) is 30.2. The molecule has 0 saturated carbocycles. The Bertz CT molecular complexity index is 1110. The number of hydrogen-bond donors (Lipinski definition) is 0. The van der Waals surface area contributed by atoms with Gasteiger partial charge in [0.25, 0.3) is 11.8 Å². The van der Waals surface area contributed by atoms with Gasteiger partial charge in [0.2, 0.25) is 0 Å². The third kappa shape index (κ3) is 3.74. The van der Waals surface area contributed by atoms with E-state index in [4.69, 9.17) is 11.6 Å². The molecule has 2 amide bonds. The predicted octanol–water partition coefficient (Wildman–Crippen LogP) is 5.15. The van der Waals surface area contributed by atoms with E-state index in [-0.39, 0.29) is 11.8 Å². The molecule has 150 valence electrons. The van der Waals surface area contributed by atoms with E-state index >= 15 is 0 Å². The van der Waals surface area contributed by atoms with Crippen LogP contribution in [0.3, 0.4) is 0 Å². The zero-order valence-electron chi connectivity index (χ0n) is 16.6. The summed E-state index contributed by atoms with van der Waals surface area (Å²) >= 11 is 6.13. The molecule has 0 bridgehead atoms. The van der Waals surface area contributed by atoms with Crippen LogP contribution in [-0.4, -0.2) is 23.3 Å². The minimum Gasteiger partial charge on any atom is -0.362 e. The van der Waals surface area contributed by atoms with Crippen molar-refractivity contribution in [3.8, 4) is 0 Å². The van der Waals surface area contributed by atoms with Gasteiger partial charge in [0, 0.05) is 18.1 Å². The molecule has 0 saturated heterocycles. The van der Waals surface area contributed by atoms with Gasteiger partial charge in [-0.15, -0.1) is 0 Å². The summed E-state index contributed by atoms with van der Waals surface area (Å²) in [5.74, 6) is -0.672. The second-order valence-corrected chi connectivity index (χ2v) is 7.45. The molecule has 0 atom stereocenters. The van der Waals surface area contributed by atoms with Gasteiger partial charge in [-0.3, -0.25) is 9.59 Å². The van der Waals surface area contributed by atoms with Gasteiger partial charge < -0.3 is 4.90 Å². The molecular formula is C25H21ClN2O2. The number of hydrogen-bond acceptors (Lipinski definition) is 3. The summed E-state index contributed by atoms with van der Waals surface area (Å²) in [5, 5.41) is 0.472. The van der Waals surface area contributed by atoms with Gasteiger partial charge in [-0.25, -0.2) is 4.90 Å². The van der Waals surface area contributed by atoms with Crippen LogP contribution in [0.1, 0.15) is 18.1 Å². The molecule has 1 aliphatic heterocycles. The summed E-state index contributed by atoms with van der Waals surface area (Å²) < 4.78 is 0. The molecule has 1 heterocycles. The van der Waals surface area contributed by atoms with Crippen LogP contribution in [0.15, 0.2) is 90.6 Å². The largest absolute Gasteiger partial charge is 0.362 e. The number of anilines is 1. The van der Waals surface area contributed by atoms with Crippen LogP contribution in [0.4, 0.5) is 5.69 Å². The Morgan fingerprint density at radius 3 is 2.13 bits per heavy atom. The molecule has 0 radical (unpaired) electrons. The Labute approximate surface area is 181 Å². The van der Waals surface area contributed by atoms with Crippen LogP contribution >= 0.6 is 11.6 Å². The van der Waals surface area contributed by atoms with Crippen molar-refractivity contribution >= 4 is 34.7 Å².